The zero-order chi connectivity index (χ0) is 17.3. The number of hydrogen-bond acceptors (Lipinski definition) is 4. The quantitative estimate of drug-likeness (QED) is 0.669. The van der Waals surface area contributed by atoms with Gasteiger partial charge in [-0.3, -0.25) is 9.52 Å². The average molecular weight is 339 g/mol. The van der Waals surface area contributed by atoms with Crippen LogP contribution >= 0.6 is 0 Å². The summed E-state index contributed by atoms with van der Waals surface area (Å²) >= 11 is 0. The predicted octanol–water partition coefficient (Wildman–Crippen LogP) is 1.53. The molecular formula is C16H25N3O3S. The maximum atomic E-state index is 11.7. The molecule has 0 aliphatic rings. The second-order valence-corrected chi connectivity index (χ2v) is 6.90. The Kier molecular flexibility index (Phi) is 7.77. The highest BCUT2D eigenvalue weighted by atomic mass is 32.2. The molecule has 0 spiro atoms. The van der Waals surface area contributed by atoms with Crippen molar-refractivity contribution >= 4 is 27.7 Å². The first-order valence-electron chi connectivity index (χ1n) is 7.60. The second-order valence-electron chi connectivity index (χ2n) is 5.15. The molecule has 0 atom stereocenters. The van der Waals surface area contributed by atoms with Crippen molar-refractivity contribution < 1.29 is 13.2 Å². The molecule has 0 aliphatic heterocycles. The average Bonchev–Trinajstić information content (AvgIpc) is 2.49. The molecule has 128 valence electrons. The summed E-state index contributed by atoms with van der Waals surface area (Å²) in [6.07, 6.45) is 4.27. The Balaban J connectivity index is 2.46. The summed E-state index contributed by atoms with van der Waals surface area (Å²) in [5.74, 6) is -0.143. The maximum absolute atomic E-state index is 11.7. The third kappa shape index (κ3) is 8.37. The third-order valence-corrected chi connectivity index (χ3v) is 3.87. The number of anilines is 1. The Bertz CT molecular complexity index is 620. The van der Waals surface area contributed by atoms with Crippen molar-refractivity contribution in [1.82, 2.24) is 10.2 Å². The van der Waals surface area contributed by atoms with Gasteiger partial charge in [-0.1, -0.05) is 26.0 Å². The zero-order valence-corrected chi connectivity index (χ0v) is 14.7. The lowest BCUT2D eigenvalue weighted by molar-refractivity contribution is -0.116. The highest BCUT2D eigenvalue weighted by Gasteiger charge is 2.02. The molecule has 0 fully saturated rings. The predicted molar refractivity (Wildman–Crippen MR) is 94.7 cm³/mol. The van der Waals surface area contributed by atoms with E-state index in [2.05, 4.69) is 28.8 Å². The molecule has 0 saturated carbocycles. The van der Waals surface area contributed by atoms with Crippen LogP contribution in [0.15, 0.2) is 30.3 Å². The fourth-order valence-electron chi connectivity index (χ4n) is 1.98. The summed E-state index contributed by atoms with van der Waals surface area (Å²) in [5, 5.41) is 2.84. The molecule has 1 aromatic rings. The van der Waals surface area contributed by atoms with Crippen LogP contribution in [0.1, 0.15) is 19.4 Å². The fraction of sp³-hybridized carbons (Fsp3) is 0.438. The van der Waals surface area contributed by atoms with E-state index in [-0.39, 0.29) is 5.91 Å². The second kappa shape index (κ2) is 9.32. The summed E-state index contributed by atoms with van der Waals surface area (Å²) in [4.78, 5) is 14.0. The number of nitrogens with zero attached hydrogens (tertiary/aromatic N) is 1. The van der Waals surface area contributed by atoms with Gasteiger partial charge in [0, 0.05) is 24.9 Å². The summed E-state index contributed by atoms with van der Waals surface area (Å²) in [7, 11) is -3.27. The Morgan fingerprint density at radius 3 is 2.30 bits per heavy atom. The van der Waals surface area contributed by atoms with E-state index < -0.39 is 10.0 Å². The van der Waals surface area contributed by atoms with Crippen LogP contribution in [0.5, 0.6) is 0 Å². The third-order valence-electron chi connectivity index (χ3n) is 3.26. The number of hydrogen-bond donors (Lipinski definition) is 2. The lowest BCUT2D eigenvalue weighted by atomic mass is 10.2. The van der Waals surface area contributed by atoms with Crippen LogP contribution in [-0.4, -0.2) is 51.7 Å². The first-order chi connectivity index (χ1) is 10.8. The number of amides is 1. The van der Waals surface area contributed by atoms with E-state index >= 15 is 0 Å². The van der Waals surface area contributed by atoms with Gasteiger partial charge < -0.3 is 10.2 Å². The van der Waals surface area contributed by atoms with Gasteiger partial charge in [-0.15, -0.1) is 0 Å². The van der Waals surface area contributed by atoms with Gasteiger partial charge in [0.05, 0.1) is 6.26 Å². The molecule has 1 amide bonds. The largest absolute Gasteiger partial charge is 0.351 e. The van der Waals surface area contributed by atoms with Crippen LogP contribution in [0, 0.1) is 0 Å². The van der Waals surface area contributed by atoms with Crippen molar-refractivity contribution in [2.45, 2.75) is 13.8 Å². The number of rotatable bonds is 9. The first kappa shape index (κ1) is 19.2. The van der Waals surface area contributed by atoms with E-state index in [1.165, 1.54) is 6.08 Å². The highest BCUT2D eigenvalue weighted by Crippen LogP contribution is 2.11. The fourth-order valence-corrected chi connectivity index (χ4v) is 2.55. The summed E-state index contributed by atoms with van der Waals surface area (Å²) in [6, 6.07) is 6.79. The number of benzene rings is 1. The number of carbonyl (C=O) groups excluding carboxylic acids is 1. The van der Waals surface area contributed by atoms with Crippen molar-refractivity contribution in [2.75, 3.05) is 37.2 Å². The van der Waals surface area contributed by atoms with E-state index in [0.717, 1.165) is 31.5 Å². The minimum atomic E-state index is -3.27. The molecule has 7 heteroatoms. The molecule has 2 N–H and O–H groups in total. The number of nitrogens with one attached hydrogen (secondary N) is 2. The van der Waals surface area contributed by atoms with Crippen LogP contribution in [0.3, 0.4) is 0 Å². The van der Waals surface area contributed by atoms with E-state index in [1.54, 1.807) is 30.3 Å². The van der Waals surface area contributed by atoms with Crippen molar-refractivity contribution in [3.63, 3.8) is 0 Å². The van der Waals surface area contributed by atoms with Gasteiger partial charge in [-0.2, -0.15) is 0 Å². The van der Waals surface area contributed by atoms with Crippen molar-refractivity contribution in [3.8, 4) is 0 Å². The lowest BCUT2D eigenvalue weighted by Crippen LogP contribution is -2.34. The van der Waals surface area contributed by atoms with Crippen LogP contribution in [0.25, 0.3) is 6.08 Å². The van der Waals surface area contributed by atoms with Crippen molar-refractivity contribution in [1.29, 1.82) is 0 Å². The SMILES string of the molecule is CCN(CC)CCNC(=O)/C=C/c1ccc(NS(C)(=O)=O)cc1. The van der Waals surface area contributed by atoms with Crippen LogP contribution in [0.4, 0.5) is 5.69 Å². The van der Waals surface area contributed by atoms with E-state index in [1.807, 2.05) is 0 Å². The smallest absolute Gasteiger partial charge is 0.244 e. The first-order valence-corrected chi connectivity index (χ1v) is 9.49. The molecule has 6 nitrogen and oxygen atoms in total. The summed E-state index contributed by atoms with van der Waals surface area (Å²) in [6.45, 7) is 7.56. The molecular weight excluding hydrogens is 314 g/mol. The van der Waals surface area contributed by atoms with Crippen LogP contribution in [0.2, 0.25) is 0 Å². The summed E-state index contributed by atoms with van der Waals surface area (Å²) in [5.41, 5.74) is 1.32. The van der Waals surface area contributed by atoms with Crippen LogP contribution < -0.4 is 10.0 Å². The molecule has 0 unspecified atom stereocenters. The zero-order valence-electron chi connectivity index (χ0n) is 13.9. The molecule has 0 aliphatic carbocycles. The van der Waals surface area contributed by atoms with Gasteiger partial charge in [-0.05, 0) is 36.9 Å². The molecule has 23 heavy (non-hydrogen) atoms. The Labute approximate surface area is 138 Å². The molecule has 0 bridgehead atoms. The normalized spacial score (nSPS) is 11.8. The minimum Gasteiger partial charge on any atom is -0.351 e. The topological polar surface area (TPSA) is 78.5 Å². The van der Waals surface area contributed by atoms with E-state index in [0.29, 0.717) is 12.2 Å². The Morgan fingerprint density at radius 1 is 1.17 bits per heavy atom. The minimum absolute atomic E-state index is 0.143. The van der Waals surface area contributed by atoms with Gasteiger partial charge in [0.2, 0.25) is 15.9 Å². The van der Waals surface area contributed by atoms with E-state index in [9.17, 15) is 13.2 Å². The van der Waals surface area contributed by atoms with Gasteiger partial charge in [0.15, 0.2) is 0 Å². The molecule has 0 aromatic heterocycles. The molecule has 1 rings (SSSR count). The van der Waals surface area contributed by atoms with Crippen LogP contribution in [-0.2, 0) is 14.8 Å². The maximum Gasteiger partial charge on any atom is 0.244 e. The van der Waals surface area contributed by atoms with Gasteiger partial charge in [-0.25, -0.2) is 8.42 Å². The van der Waals surface area contributed by atoms with Gasteiger partial charge in [0.1, 0.15) is 0 Å². The van der Waals surface area contributed by atoms with E-state index in [4.69, 9.17) is 0 Å². The monoisotopic (exact) mass is 339 g/mol. The van der Waals surface area contributed by atoms with Crippen molar-refractivity contribution in [3.05, 3.63) is 35.9 Å². The van der Waals surface area contributed by atoms with Gasteiger partial charge >= 0.3 is 0 Å². The van der Waals surface area contributed by atoms with Crippen molar-refractivity contribution in [2.24, 2.45) is 0 Å². The standard InChI is InChI=1S/C16H25N3O3S/c1-4-19(5-2)13-12-17-16(20)11-8-14-6-9-15(10-7-14)18-23(3,21)22/h6-11,18H,4-5,12-13H2,1-3H3,(H,17,20)/b11-8+. The molecule has 1 aromatic carbocycles. The highest BCUT2D eigenvalue weighted by molar-refractivity contribution is 7.92. The molecule has 0 radical (unpaired) electrons. The number of sulfonamides is 1. The Hall–Kier alpha value is -1.86. The lowest BCUT2D eigenvalue weighted by Gasteiger charge is -2.17. The number of carbonyl (C=O) groups is 1. The number of likely N-dealkylation sites (N-methyl/N-ethyl adjacent to an activating group) is 1. The molecule has 0 heterocycles. The van der Waals surface area contributed by atoms with Gasteiger partial charge in [0.25, 0.3) is 0 Å². The molecule has 0 saturated heterocycles. The Morgan fingerprint density at radius 2 is 1.78 bits per heavy atom. The summed E-state index contributed by atoms with van der Waals surface area (Å²) < 4.78 is 24.6.